The first kappa shape index (κ1) is 12.4. The molecule has 0 saturated heterocycles. The molecule has 0 amide bonds. The van der Waals surface area contributed by atoms with E-state index < -0.39 is 0 Å². The molecule has 2 aromatic heterocycles. The number of aromatic nitrogens is 2. The summed E-state index contributed by atoms with van der Waals surface area (Å²) in [5.74, 6) is 1.24. The molecule has 0 radical (unpaired) electrons. The molecule has 0 atom stereocenters. The van der Waals surface area contributed by atoms with Gasteiger partial charge in [-0.05, 0) is 41.4 Å². The minimum absolute atomic E-state index is 0.685. The topological polar surface area (TPSA) is 43.8 Å². The van der Waals surface area contributed by atoms with E-state index in [0.29, 0.717) is 6.54 Å². The highest BCUT2D eigenvalue weighted by Gasteiger charge is 2.20. The zero-order chi connectivity index (χ0) is 12.5. The van der Waals surface area contributed by atoms with Crippen molar-refractivity contribution in [3.63, 3.8) is 0 Å². The molecule has 96 valence electrons. The fourth-order valence-electron chi connectivity index (χ4n) is 2.57. The summed E-state index contributed by atoms with van der Waals surface area (Å²) in [6.45, 7) is 1.79. The van der Waals surface area contributed by atoms with Crippen molar-refractivity contribution in [1.82, 2.24) is 9.55 Å². The van der Waals surface area contributed by atoms with Crippen LogP contribution in [0, 0.1) is 0 Å². The van der Waals surface area contributed by atoms with Gasteiger partial charge in [0.2, 0.25) is 0 Å². The Balaban J connectivity index is 2.10. The Morgan fingerprint density at radius 1 is 1.44 bits per heavy atom. The summed E-state index contributed by atoms with van der Waals surface area (Å²) in [5.41, 5.74) is 8.23. The maximum absolute atomic E-state index is 5.76. The SMILES string of the molecule is NCCc1c(-c2cc(Br)cs2)nc2n1CCCC2. The Kier molecular flexibility index (Phi) is 3.54. The van der Waals surface area contributed by atoms with E-state index in [0.717, 1.165) is 29.6 Å². The molecule has 0 saturated carbocycles. The van der Waals surface area contributed by atoms with Gasteiger partial charge in [0.15, 0.2) is 0 Å². The normalized spacial score (nSPS) is 14.8. The molecule has 18 heavy (non-hydrogen) atoms. The molecule has 0 bridgehead atoms. The molecule has 0 spiro atoms. The molecule has 3 heterocycles. The van der Waals surface area contributed by atoms with E-state index in [1.165, 1.54) is 29.2 Å². The molecule has 0 fully saturated rings. The van der Waals surface area contributed by atoms with Crippen molar-refractivity contribution < 1.29 is 0 Å². The van der Waals surface area contributed by atoms with Gasteiger partial charge in [-0.15, -0.1) is 11.3 Å². The van der Waals surface area contributed by atoms with Crippen molar-refractivity contribution in [2.24, 2.45) is 5.73 Å². The van der Waals surface area contributed by atoms with E-state index in [9.17, 15) is 0 Å². The fraction of sp³-hybridized carbons (Fsp3) is 0.462. The van der Waals surface area contributed by atoms with E-state index in [-0.39, 0.29) is 0 Å². The fourth-order valence-corrected chi connectivity index (χ4v) is 4.01. The molecule has 0 unspecified atom stereocenters. The number of hydrogen-bond donors (Lipinski definition) is 1. The van der Waals surface area contributed by atoms with Gasteiger partial charge in [0.1, 0.15) is 11.5 Å². The third-order valence-corrected chi connectivity index (χ3v) is 5.06. The zero-order valence-corrected chi connectivity index (χ0v) is 12.6. The van der Waals surface area contributed by atoms with E-state index >= 15 is 0 Å². The summed E-state index contributed by atoms with van der Waals surface area (Å²) in [5, 5.41) is 2.11. The van der Waals surface area contributed by atoms with Gasteiger partial charge < -0.3 is 10.3 Å². The van der Waals surface area contributed by atoms with E-state index in [1.807, 2.05) is 0 Å². The quantitative estimate of drug-likeness (QED) is 0.941. The van der Waals surface area contributed by atoms with Crippen molar-refractivity contribution in [1.29, 1.82) is 0 Å². The lowest BCUT2D eigenvalue weighted by Crippen LogP contribution is -2.15. The van der Waals surface area contributed by atoms with Gasteiger partial charge in [-0.1, -0.05) is 0 Å². The predicted molar refractivity (Wildman–Crippen MR) is 78.9 cm³/mol. The summed E-state index contributed by atoms with van der Waals surface area (Å²) in [6, 6.07) is 2.15. The van der Waals surface area contributed by atoms with Crippen LogP contribution in [0.4, 0.5) is 0 Å². The number of rotatable bonds is 3. The van der Waals surface area contributed by atoms with Crippen molar-refractivity contribution in [3.8, 4) is 10.6 Å². The lowest BCUT2D eigenvalue weighted by atomic mass is 10.1. The van der Waals surface area contributed by atoms with Crippen molar-refractivity contribution >= 4 is 27.3 Å². The van der Waals surface area contributed by atoms with E-state index in [2.05, 4.69) is 31.9 Å². The lowest BCUT2D eigenvalue weighted by molar-refractivity contribution is 0.508. The molecule has 0 aromatic carbocycles. The van der Waals surface area contributed by atoms with Gasteiger partial charge >= 0.3 is 0 Å². The Bertz CT molecular complexity index is 559. The Morgan fingerprint density at radius 2 is 2.33 bits per heavy atom. The highest BCUT2D eigenvalue weighted by Crippen LogP contribution is 2.33. The van der Waals surface area contributed by atoms with Crippen LogP contribution in [0.2, 0.25) is 0 Å². The van der Waals surface area contributed by atoms with Crippen molar-refractivity contribution in [2.45, 2.75) is 32.2 Å². The van der Waals surface area contributed by atoms with Gasteiger partial charge in [0, 0.05) is 34.9 Å². The smallest absolute Gasteiger partial charge is 0.109 e. The first-order valence-corrected chi connectivity index (χ1v) is 7.99. The predicted octanol–water partition coefficient (Wildman–Crippen LogP) is 3.21. The first-order chi connectivity index (χ1) is 8.79. The molecule has 0 aliphatic carbocycles. The van der Waals surface area contributed by atoms with Crippen LogP contribution >= 0.6 is 27.3 Å². The minimum Gasteiger partial charge on any atom is -0.331 e. The summed E-state index contributed by atoms with van der Waals surface area (Å²) < 4.78 is 3.52. The molecule has 2 N–H and O–H groups in total. The largest absolute Gasteiger partial charge is 0.331 e. The summed E-state index contributed by atoms with van der Waals surface area (Å²) >= 11 is 5.26. The molecular weight excluding hydrogens is 310 g/mol. The molecule has 3 rings (SSSR count). The van der Waals surface area contributed by atoms with Crippen molar-refractivity contribution in [2.75, 3.05) is 6.54 Å². The monoisotopic (exact) mass is 325 g/mol. The number of aryl methyl sites for hydroxylation is 1. The molecule has 3 nitrogen and oxygen atoms in total. The number of nitrogens with two attached hydrogens (primary N) is 1. The zero-order valence-electron chi connectivity index (χ0n) is 10.2. The van der Waals surface area contributed by atoms with Gasteiger partial charge in [0.25, 0.3) is 0 Å². The van der Waals surface area contributed by atoms with Crippen LogP contribution in [-0.4, -0.2) is 16.1 Å². The standard InChI is InChI=1S/C13H16BrN3S/c14-9-7-11(18-8-9)13-10(4-5-15)17-6-2-1-3-12(17)16-13/h7-8H,1-6,15H2. The molecular formula is C13H16BrN3S. The molecule has 2 aromatic rings. The van der Waals surface area contributed by atoms with Gasteiger partial charge in [-0.3, -0.25) is 0 Å². The minimum atomic E-state index is 0.685. The van der Waals surface area contributed by atoms with Gasteiger partial charge in [-0.25, -0.2) is 4.98 Å². The average Bonchev–Trinajstić information content (AvgIpc) is 2.95. The van der Waals surface area contributed by atoms with Crippen LogP contribution in [0.25, 0.3) is 10.6 Å². The third-order valence-electron chi connectivity index (χ3n) is 3.37. The number of fused-ring (bicyclic) bond motifs is 1. The maximum Gasteiger partial charge on any atom is 0.109 e. The highest BCUT2D eigenvalue weighted by molar-refractivity contribution is 9.10. The summed E-state index contributed by atoms with van der Waals surface area (Å²) in [4.78, 5) is 6.09. The highest BCUT2D eigenvalue weighted by atomic mass is 79.9. The van der Waals surface area contributed by atoms with Gasteiger partial charge in [0.05, 0.1) is 4.88 Å². The molecule has 1 aliphatic rings. The number of thiophene rings is 1. The van der Waals surface area contributed by atoms with Crippen molar-refractivity contribution in [3.05, 3.63) is 27.4 Å². The van der Waals surface area contributed by atoms with E-state index in [4.69, 9.17) is 10.7 Å². The summed E-state index contributed by atoms with van der Waals surface area (Å²) in [7, 11) is 0. The van der Waals surface area contributed by atoms with Gasteiger partial charge in [-0.2, -0.15) is 0 Å². The van der Waals surface area contributed by atoms with Crippen LogP contribution in [0.3, 0.4) is 0 Å². The van der Waals surface area contributed by atoms with Crippen LogP contribution < -0.4 is 5.73 Å². The van der Waals surface area contributed by atoms with E-state index in [1.54, 1.807) is 11.3 Å². The number of imidazole rings is 1. The Hall–Kier alpha value is -0.650. The third kappa shape index (κ3) is 2.15. The number of nitrogens with zero attached hydrogens (tertiary/aromatic N) is 2. The van der Waals surface area contributed by atoms with Crippen LogP contribution in [-0.2, 0) is 19.4 Å². The average molecular weight is 326 g/mol. The first-order valence-electron chi connectivity index (χ1n) is 6.32. The molecule has 5 heteroatoms. The second kappa shape index (κ2) is 5.15. The molecule has 1 aliphatic heterocycles. The number of halogens is 1. The number of hydrogen-bond acceptors (Lipinski definition) is 3. The lowest BCUT2D eigenvalue weighted by Gasteiger charge is -2.16. The maximum atomic E-state index is 5.76. The van der Waals surface area contributed by atoms with Crippen LogP contribution in [0.5, 0.6) is 0 Å². The summed E-state index contributed by atoms with van der Waals surface area (Å²) in [6.07, 6.45) is 4.53. The van der Waals surface area contributed by atoms with Crippen LogP contribution in [0.1, 0.15) is 24.4 Å². The van der Waals surface area contributed by atoms with Crippen LogP contribution in [0.15, 0.2) is 15.9 Å². The second-order valence-electron chi connectivity index (χ2n) is 4.60. The second-order valence-corrected chi connectivity index (χ2v) is 6.43. The Morgan fingerprint density at radius 3 is 3.06 bits per heavy atom. The Labute approximate surface area is 119 Å².